The Hall–Kier alpha value is -0.680. The van der Waals surface area contributed by atoms with Gasteiger partial charge in [-0.05, 0) is 0 Å². The molecule has 12 heteroatoms. The molecule has 0 spiro atoms. The molecule has 0 amide bonds. The molecule has 0 heterocycles. The summed E-state index contributed by atoms with van der Waals surface area (Å²) in [5.41, 5.74) is 0. The molecular weight excluding hydrogens is 280 g/mol. The second-order valence-corrected chi connectivity index (χ2v) is 3.07. The van der Waals surface area contributed by atoms with Crippen molar-refractivity contribution in [3.8, 4) is 0 Å². The summed E-state index contributed by atoms with van der Waals surface area (Å²) >= 11 is 4.35. The number of alkyl halides is 3. The summed E-state index contributed by atoms with van der Waals surface area (Å²) in [6.07, 6.45) is -8.85. The molecule has 0 aromatic rings. The van der Waals surface area contributed by atoms with Gasteiger partial charge in [0.2, 0.25) is 5.16 Å². The van der Waals surface area contributed by atoms with Gasteiger partial charge in [-0.25, -0.2) is 0 Å². The van der Waals surface area contributed by atoms with Crippen molar-refractivity contribution in [2.45, 2.75) is 6.30 Å². The molecule has 0 radical (unpaired) electrons. The predicted octanol–water partition coefficient (Wildman–Crippen LogP) is 2.26. The fourth-order valence-corrected chi connectivity index (χ4v) is 0.860. The Morgan fingerprint density at radius 3 is 1.87 bits per heavy atom. The Balaban J connectivity index is 5.20. The fourth-order valence-electron chi connectivity index (χ4n) is 0.352. The maximum absolute atomic E-state index is 11.8. The van der Waals surface area contributed by atoms with Crippen molar-refractivity contribution in [3.05, 3.63) is 11.2 Å². The van der Waals surface area contributed by atoms with Crippen LogP contribution in [0.15, 0.2) is 11.2 Å². The second kappa shape index (κ2) is 4.45. The van der Waals surface area contributed by atoms with Crippen LogP contribution in [0.1, 0.15) is 0 Å². The van der Waals surface area contributed by atoms with E-state index in [-0.39, 0.29) is 0 Å². The van der Waals surface area contributed by atoms with Gasteiger partial charge in [0.1, 0.15) is 0 Å². The van der Waals surface area contributed by atoms with Crippen molar-refractivity contribution >= 4 is 22.1 Å². The highest BCUT2D eigenvalue weighted by molar-refractivity contribution is 7.81. The van der Waals surface area contributed by atoms with Crippen molar-refractivity contribution in [3.63, 3.8) is 0 Å². The molecule has 0 aliphatic heterocycles. The maximum atomic E-state index is 11.8. The molecule has 0 aliphatic carbocycles. The van der Waals surface area contributed by atoms with Crippen LogP contribution in [0.5, 0.6) is 0 Å². The van der Waals surface area contributed by atoms with Crippen LogP contribution >= 0.6 is 11.6 Å². The van der Waals surface area contributed by atoms with Gasteiger partial charge in [0.05, 0.1) is 0 Å². The molecule has 0 atom stereocenters. The summed E-state index contributed by atoms with van der Waals surface area (Å²) < 4.78 is 92.1. The summed E-state index contributed by atoms with van der Waals surface area (Å²) in [6, 6.07) is 0. The van der Waals surface area contributed by atoms with E-state index in [4.69, 9.17) is 0 Å². The predicted molar refractivity (Wildman–Crippen MR) is 34.1 cm³/mol. The van der Waals surface area contributed by atoms with E-state index in [1.54, 1.807) is 0 Å². The highest BCUT2D eigenvalue weighted by Gasteiger charge is 2.45. The molecule has 4 nitrogen and oxygen atoms in total. The average molecular weight is 280 g/mol. The summed E-state index contributed by atoms with van der Waals surface area (Å²) in [6.45, 7) is 0. The van der Waals surface area contributed by atoms with Crippen LogP contribution < -0.4 is 0 Å². The van der Waals surface area contributed by atoms with Gasteiger partial charge in [-0.15, -0.1) is 22.5 Å². The molecule has 0 fully saturated rings. The van der Waals surface area contributed by atoms with Gasteiger partial charge in [0, 0.05) is 0 Å². The van der Waals surface area contributed by atoms with E-state index in [2.05, 4.69) is 15.9 Å². The third-order valence-corrected chi connectivity index (χ3v) is 1.35. The van der Waals surface area contributed by atoms with Crippen LogP contribution in [0.25, 0.3) is 0 Å². The zero-order chi connectivity index (χ0) is 12.4. The Morgan fingerprint density at radius 1 is 1.27 bits per heavy atom. The Bertz CT molecular complexity index is 358. The third-order valence-electron chi connectivity index (χ3n) is 0.728. The van der Waals surface area contributed by atoms with Gasteiger partial charge >= 0.3 is 22.9 Å². The van der Waals surface area contributed by atoms with Crippen molar-refractivity contribution in [1.82, 2.24) is 5.06 Å². The quantitative estimate of drug-likeness (QED) is 0.344. The van der Waals surface area contributed by atoms with Crippen molar-refractivity contribution < 1.29 is 38.5 Å². The molecule has 90 valence electrons. The standard InChI is InChI=1S/C3ClF6NO3S/c4-1(2(5)6)11(3(7,8)9)14-15(10,12)13. The molecule has 0 bridgehead atoms. The zero-order valence-corrected chi connectivity index (χ0v) is 7.80. The van der Waals surface area contributed by atoms with E-state index in [1.807, 2.05) is 0 Å². The van der Waals surface area contributed by atoms with Gasteiger partial charge < -0.3 is 0 Å². The van der Waals surface area contributed by atoms with E-state index >= 15 is 0 Å². The van der Waals surface area contributed by atoms with Gasteiger partial charge in [0.15, 0.2) is 0 Å². The van der Waals surface area contributed by atoms with Gasteiger partial charge in [0.25, 0.3) is 0 Å². The first-order valence-corrected chi connectivity index (χ1v) is 4.35. The van der Waals surface area contributed by atoms with Crippen molar-refractivity contribution in [1.29, 1.82) is 0 Å². The number of hydrogen-bond donors (Lipinski definition) is 0. The topological polar surface area (TPSA) is 46.6 Å². The van der Waals surface area contributed by atoms with Crippen LogP contribution in [0.3, 0.4) is 0 Å². The van der Waals surface area contributed by atoms with E-state index in [1.165, 1.54) is 0 Å². The third kappa shape index (κ3) is 5.09. The number of hydroxylamine groups is 2. The Kier molecular flexibility index (Phi) is 4.25. The first-order chi connectivity index (χ1) is 6.45. The van der Waals surface area contributed by atoms with Crippen LogP contribution in [0, 0.1) is 0 Å². The minimum atomic E-state index is -6.13. The van der Waals surface area contributed by atoms with Crippen LogP contribution in [0.4, 0.5) is 25.8 Å². The monoisotopic (exact) mass is 279 g/mol. The largest absolute Gasteiger partial charge is 0.510 e. The van der Waals surface area contributed by atoms with E-state index < -0.39 is 33.1 Å². The van der Waals surface area contributed by atoms with Gasteiger partial charge in [-0.1, -0.05) is 15.5 Å². The minimum Gasteiger partial charge on any atom is -0.170 e. The summed E-state index contributed by atoms with van der Waals surface area (Å²) in [4.78, 5) is 0. The SMILES string of the molecule is O=S(=O)(F)ON(C(Cl)=C(F)F)C(F)(F)F. The highest BCUT2D eigenvalue weighted by atomic mass is 35.5. The fraction of sp³-hybridized carbons (Fsp3) is 0.333. The van der Waals surface area contributed by atoms with Crippen molar-refractivity contribution in [2.24, 2.45) is 0 Å². The lowest BCUT2D eigenvalue weighted by atomic mass is 10.8. The molecule has 15 heavy (non-hydrogen) atoms. The van der Waals surface area contributed by atoms with Crippen molar-refractivity contribution in [2.75, 3.05) is 0 Å². The lowest BCUT2D eigenvalue weighted by Crippen LogP contribution is -2.37. The molecule has 0 aliphatic rings. The van der Waals surface area contributed by atoms with E-state index in [9.17, 15) is 34.3 Å². The molecule has 0 unspecified atom stereocenters. The second-order valence-electron chi connectivity index (χ2n) is 1.78. The lowest BCUT2D eigenvalue weighted by Gasteiger charge is -2.20. The Labute approximate surface area is 84.0 Å². The zero-order valence-electron chi connectivity index (χ0n) is 6.23. The number of rotatable bonds is 3. The number of nitrogens with zero attached hydrogens (tertiary/aromatic N) is 1. The van der Waals surface area contributed by atoms with Gasteiger partial charge in [-0.3, -0.25) is 0 Å². The van der Waals surface area contributed by atoms with Crippen LogP contribution in [-0.2, 0) is 14.8 Å². The Morgan fingerprint density at radius 2 is 1.67 bits per heavy atom. The minimum absolute atomic E-state index is 1.93. The van der Waals surface area contributed by atoms with E-state index in [0.717, 1.165) is 0 Å². The molecule has 0 saturated carbocycles. The average Bonchev–Trinajstić information content (AvgIpc) is 1.94. The first-order valence-electron chi connectivity index (χ1n) is 2.67. The molecule has 0 saturated heterocycles. The molecule has 0 N–H and O–H groups in total. The van der Waals surface area contributed by atoms with Crippen LogP contribution in [-0.4, -0.2) is 19.8 Å². The number of halogens is 7. The van der Waals surface area contributed by atoms with E-state index in [0.29, 0.717) is 0 Å². The lowest BCUT2D eigenvalue weighted by molar-refractivity contribution is -0.316. The summed E-state index contributed by atoms with van der Waals surface area (Å²) in [7, 11) is -6.13. The molecule has 0 rings (SSSR count). The normalized spacial score (nSPS) is 12.5. The van der Waals surface area contributed by atoms with Crippen LogP contribution in [0.2, 0.25) is 0 Å². The molecular formula is C3ClF6NO3S. The van der Waals surface area contributed by atoms with Gasteiger partial charge in [-0.2, -0.15) is 17.2 Å². The highest BCUT2D eigenvalue weighted by Crippen LogP contribution is 2.31. The number of hydrogen-bond acceptors (Lipinski definition) is 4. The first kappa shape index (κ1) is 14.3. The maximum Gasteiger partial charge on any atom is 0.510 e. The smallest absolute Gasteiger partial charge is 0.170 e. The molecule has 0 aromatic heterocycles. The summed E-state index contributed by atoms with van der Waals surface area (Å²) in [5.74, 6) is 0. The molecule has 0 aromatic carbocycles. The summed E-state index contributed by atoms with van der Waals surface area (Å²) in [5, 5.41) is -4.34.